The molecule has 30 heavy (non-hydrogen) atoms. The minimum Gasteiger partial charge on any atom is -0.493 e. The van der Waals surface area contributed by atoms with Crippen molar-refractivity contribution in [3.63, 3.8) is 0 Å². The van der Waals surface area contributed by atoms with Crippen LogP contribution in [0, 0.1) is 0 Å². The first-order valence-electron chi connectivity index (χ1n) is 9.47. The molecule has 152 valence electrons. The fraction of sp³-hybridized carbons (Fsp3) is 0.190. The van der Waals surface area contributed by atoms with Crippen LogP contribution < -0.4 is 10.1 Å². The zero-order chi connectivity index (χ0) is 20.7. The van der Waals surface area contributed by atoms with Crippen molar-refractivity contribution in [3.8, 4) is 16.9 Å². The predicted octanol–water partition coefficient (Wildman–Crippen LogP) is 2.74. The van der Waals surface area contributed by atoms with E-state index >= 15 is 0 Å². The summed E-state index contributed by atoms with van der Waals surface area (Å²) in [5, 5.41) is 11.6. The molecule has 0 saturated carbocycles. The van der Waals surface area contributed by atoms with Gasteiger partial charge in [0.1, 0.15) is 12.1 Å². The average molecular weight is 421 g/mol. The number of rotatable bonds is 5. The van der Waals surface area contributed by atoms with E-state index in [9.17, 15) is 8.42 Å². The highest BCUT2D eigenvalue weighted by Crippen LogP contribution is 2.29. The standard InChI is InChI=1S/C21H19N5O3S/c1-30(27,28)16-6-2-4-14(10-16)18-12-23-21(26-13-24-25-20(18)26)22-11-15-5-3-7-19-17(15)8-9-29-19/h2-7,10,12-13H,8-9,11H2,1H3,(H,22,23). The van der Waals surface area contributed by atoms with Crippen LogP contribution >= 0.6 is 0 Å². The quantitative estimate of drug-likeness (QED) is 0.529. The van der Waals surface area contributed by atoms with Crippen molar-refractivity contribution in [2.75, 3.05) is 18.2 Å². The molecule has 0 aliphatic carbocycles. The molecule has 0 amide bonds. The molecule has 1 aliphatic heterocycles. The van der Waals surface area contributed by atoms with Crippen LogP contribution in [0.1, 0.15) is 11.1 Å². The van der Waals surface area contributed by atoms with E-state index in [1.807, 2.05) is 18.2 Å². The van der Waals surface area contributed by atoms with Crippen molar-refractivity contribution in [2.45, 2.75) is 17.9 Å². The van der Waals surface area contributed by atoms with Crippen molar-refractivity contribution in [1.29, 1.82) is 0 Å². The molecule has 0 unspecified atom stereocenters. The number of sulfone groups is 1. The van der Waals surface area contributed by atoms with E-state index in [2.05, 4.69) is 26.6 Å². The van der Waals surface area contributed by atoms with Crippen LogP contribution in [0.3, 0.4) is 0 Å². The summed E-state index contributed by atoms with van der Waals surface area (Å²) in [6.45, 7) is 1.30. The first kappa shape index (κ1) is 18.6. The largest absolute Gasteiger partial charge is 0.493 e. The van der Waals surface area contributed by atoms with Gasteiger partial charge in [0, 0.05) is 36.5 Å². The Morgan fingerprint density at radius 1 is 1.20 bits per heavy atom. The lowest BCUT2D eigenvalue weighted by Crippen LogP contribution is -2.08. The Morgan fingerprint density at radius 2 is 2.07 bits per heavy atom. The van der Waals surface area contributed by atoms with Crippen LogP contribution in [0.2, 0.25) is 0 Å². The summed E-state index contributed by atoms with van der Waals surface area (Å²) < 4.78 is 31.2. The van der Waals surface area contributed by atoms with Crippen molar-refractivity contribution in [2.24, 2.45) is 0 Å². The molecule has 5 rings (SSSR count). The number of hydrogen-bond acceptors (Lipinski definition) is 7. The number of fused-ring (bicyclic) bond motifs is 2. The second kappa shape index (κ2) is 7.10. The summed E-state index contributed by atoms with van der Waals surface area (Å²) in [6.07, 6.45) is 5.37. The van der Waals surface area contributed by atoms with E-state index in [1.54, 1.807) is 35.1 Å². The second-order valence-electron chi connectivity index (χ2n) is 7.17. The van der Waals surface area contributed by atoms with E-state index in [0.29, 0.717) is 35.9 Å². The van der Waals surface area contributed by atoms with E-state index in [1.165, 1.54) is 11.8 Å². The van der Waals surface area contributed by atoms with E-state index in [-0.39, 0.29) is 4.90 Å². The molecule has 0 radical (unpaired) electrons. The minimum atomic E-state index is -3.31. The van der Waals surface area contributed by atoms with Gasteiger partial charge in [-0.15, -0.1) is 10.2 Å². The van der Waals surface area contributed by atoms with Gasteiger partial charge in [0.25, 0.3) is 0 Å². The number of ether oxygens (including phenoxy) is 1. The smallest absolute Gasteiger partial charge is 0.210 e. The fourth-order valence-corrected chi connectivity index (χ4v) is 4.35. The molecule has 0 saturated heterocycles. The van der Waals surface area contributed by atoms with E-state index < -0.39 is 9.84 Å². The third-order valence-electron chi connectivity index (χ3n) is 5.18. The lowest BCUT2D eigenvalue weighted by molar-refractivity contribution is 0.357. The molecule has 9 heteroatoms. The monoisotopic (exact) mass is 421 g/mol. The number of nitrogens with zero attached hydrogens (tertiary/aromatic N) is 4. The Kier molecular flexibility index (Phi) is 4.39. The molecule has 0 bridgehead atoms. The lowest BCUT2D eigenvalue weighted by Gasteiger charge is -2.12. The van der Waals surface area contributed by atoms with Crippen LogP contribution in [0.25, 0.3) is 16.8 Å². The molecular weight excluding hydrogens is 402 g/mol. The predicted molar refractivity (Wildman–Crippen MR) is 112 cm³/mol. The van der Waals surface area contributed by atoms with Gasteiger partial charge >= 0.3 is 0 Å². The van der Waals surface area contributed by atoms with Gasteiger partial charge < -0.3 is 10.1 Å². The Bertz CT molecular complexity index is 1360. The summed E-state index contributed by atoms with van der Waals surface area (Å²) in [7, 11) is -3.31. The van der Waals surface area contributed by atoms with Gasteiger partial charge in [-0.1, -0.05) is 24.3 Å². The van der Waals surface area contributed by atoms with Crippen LogP contribution in [-0.2, 0) is 22.8 Å². The van der Waals surface area contributed by atoms with Crippen molar-refractivity contribution >= 4 is 21.4 Å². The van der Waals surface area contributed by atoms with Crippen molar-refractivity contribution in [1.82, 2.24) is 19.6 Å². The average Bonchev–Trinajstić information content (AvgIpc) is 3.41. The Labute approximate surface area is 173 Å². The number of aromatic nitrogens is 4. The third-order valence-corrected chi connectivity index (χ3v) is 6.29. The summed E-state index contributed by atoms with van der Waals surface area (Å²) in [6, 6.07) is 12.8. The molecule has 8 nitrogen and oxygen atoms in total. The maximum absolute atomic E-state index is 11.9. The molecule has 3 heterocycles. The molecular formula is C21H19N5O3S. The highest BCUT2D eigenvalue weighted by Gasteiger charge is 2.17. The first-order valence-corrected chi connectivity index (χ1v) is 11.4. The van der Waals surface area contributed by atoms with Crippen LogP contribution in [-0.4, -0.2) is 40.9 Å². The maximum Gasteiger partial charge on any atom is 0.210 e. The van der Waals surface area contributed by atoms with Crippen LogP contribution in [0.15, 0.2) is 59.9 Å². The fourth-order valence-electron chi connectivity index (χ4n) is 3.68. The number of hydrogen-bond donors (Lipinski definition) is 1. The van der Waals surface area contributed by atoms with Crippen molar-refractivity contribution < 1.29 is 13.2 Å². The zero-order valence-corrected chi connectivity index (χ0v) is 17.1. The molecule has 0 spiro atoms. The minimum absolute atomic E-state index is 0.250. The highest BCUT2D eigenvalue weighted by atomic mass is 32.2. The Hall–Kier alpha value is -3.46. The molecule has 1 N–H and O–H groups in total. The molecule has 0 fully saturated rings. The maximum atomic E-state index is 11.9. The van der Waals surface area contributed by atoms with E-state index in [0.717, 1.165) is 17.7 Å². The Morgan fingerprint density at radius 3 is 2.93 bits per heavy atom. The lowest BCUT2D eigenvalue weighted by atomic mass is 10.1. The summed E-state index contributed by atoms with van der Waals surface area (Å²) in [4.78, 5) is 4.80. The Balaban J connectivity index is 1.49. The van der Waals surface area contributed by atoms with Gasteiger partial charge in [-0.3, -0.25) is 4.40 Å². The number of anilines is 1. The van der Waals surface area contributed by atoms with Gasteiger partial charge in [-0.25, -0.2) is 13.4 Å². The van der Waals surface area contributed by atoms with Gasteiger partial charge in [0.05, 0.1) is 11.5 Å². The molecule has 1 aliphatic rings. The van der Waals surface area contributed by atoms with Crippen LogP contribution in [0.5, 0.6) is 5.75 Å². The molecule has 2 aromatic heterocycles. The number of benzene rings is 2. The SMILES string of the molecule is CS(=O)(=O)c1cccc(-c2cnc(NCc3cccc4c3CCO4)n3cnnc23)c1. The summed E-state index contributed by atoms with van der Waals surface area (Å²) >= 11 is 0. The highest BCUT2D eigenvalue weighted by molar-refractivity contribution is 7.90. The zero-order valence-electron chi connectivity index (χ0n) is 16.2. The summed E-state index contributed by atoms with van der Waals surface area (Å²) in [5.74, 6) is 1.55. The van der Waals surface area contributed by atoms with E-state index in [4.69, 9.17) is 4.74 Å². The molecule has 2 aromatic carbocycles. The molecule has 4 aromatic rings. The number of nitrogens with one attached hydrogen (secondary N) is 1. The van der Waals surface area contributed by atoms with Crippen molar-refractivity contribution in [3.05, 3.63) is 66.1 Å². The topological polar surface area (TPSA) is 98.5 Å². The van der Waals surface area contributed by atoms with Gasteiger partial charge in [0.15, 0.2) is 15.5 Å². The van der Waals surface area contributed by atoms with Gasteiger partial charge in [-0.05, 0) is 29.3 Å². The normalized spacial score (nSPS) is 13.2. The first-order chi connectivity index (χ1) is 14.5. The molecule has 0 atom stereocenters. The van der Waals surface area contributed by atoms with Gasteiger partial charge in [-0.2, -0.15) is 0 Å². The third kappa shape index (κ3) is 3.26. The van der Waals surface area contributed by atoms with Crippen LogP contribution in [0.4, 0.5) is 5.95 Å². The second-order valence-corrected chi connectivity index (χ2v) is 9.18. The summed E-state index contributed by atoms with van der Waals surface area (Å²) in [5.41, 5.74) is 4.41. The van der Waals surface area contributed by atoms with Gasteiger partial charge in [0.2, 0.25) is 5.95 Å².